The third-order valence-electron chi connectivity index (χ3n) is 2.43. The molecule has 0 atom stereocenters. The average Bonchev–Trinajstić information content (AvgIpc) is 2.74. The van der Waals surface area contributed by atoms with E-state index in [1.807, 2.05) is 0 Å². The molecule has 2 rings (SSSR count). The van der Waals surface area contributed by atoms with Crippen LogP contribution in [0.5, 0.6) is 5.75 Å². The number of aryl methyl sites for hydroxylation is 2. The molecule has 0 amide bonds. The molecule has 0 fully saturated rings. The number of nitrogens with one attached hydrogen (secondary N) is 1. The van der Waals surface area contributed by atoms with Crippen LogP contribution in [0.4, 0.5) is 10.3 Å². The number of nitrogens with zero attached hydrogens (tertiary/aromatic N) is 2. The molecule has 0 aliphatic heterocycles. The van der Waals surface area contributed by atoms with E-state index < -0.39 is 0 Å². The second-order valence-electron chi connectivity index (χ2n) is 3.60. The summed E-state index contributed by atoms with van der Waals surface area (Å²) in [6, 6.07) is 4.66. The number of aromatic nitrogens is 3. The lowest BCUT2D eigenvalue weighted by Crippen LogP contribution is -1.98. The molecule has 3 N–H and O–H groups in total. The number of rotatable bonds is 4. The lowest BCUT2D eigenvalue weighted by molar-refractivity contribution is 0.412. The Morgan fingerprint density at radius 2 is 2.24 bits per heavy atom. The van der Waals surface area contributed by atoms with Crippen molar-refractivity contribution in [1.29, 1.82) is 0 Å². The molecule has 2 aromatic rings. The van der Waals surface area contributed by atoms with Gasteiger partial charge in [-0.2, -0.15) is 4.98 Å². The van der Waals surface area contributed by atoms with Crippen molar-refractivity contribution in [3.05, 3.63) is 35.4 Å². The van der Waals surface area contributed by atoms with Gasteiger partial charge in [0.2, 0.25) is 5.95 Å². The molecule has 0 aliphatic rings. The largest absolute Gasteiger partial charge is 0.497 e. The average molecular weight is 236 g/mol. The summed E-state index contributed by atoms with van der Waals surface area (Å²) in [6.45, 7) is 0. The number of nitrogen functional groups attached to an aromatic ring is 1. The van der Waals surface area contributed by atoms with Crippen molar-refractivity contribution < 1.29 is 9.13 Å². The van der Waals surface area contributed by atoms with Crippen LogP contribution in [0.1, 0.15) is 11.4 Å². The molecule has 1 heterocycles. The van der Waals surface area contributed by atoms with Gasteiger partial charge in [-0.25, -0.2) is 4.39 Å². The van der Waals surface area contributed by atoms with Crippen LogP contribution >= 0.6 is 0 Å². The first-order chi connectivity index (χ1) is 8.19. The minimum atomic E-state index is -0.252. The van der Waals surface area contributed by atoms with Crippen molar-refractivity contribution in [2.24, 2.45) is 0 Å². The Bertz CT molecular complexity index is 512. The summed E-state index contributed by atoms with van der Waals surface area (Å²) >= 11 is 0. The van der Waals surface area contributed by atoms with Crippen molar-refractivity contribution in [3.63, 3.8) is 0 Å². The SMILES string of the molecule is COc1ccc(F)c(CCc2nc(N)n[nH]2)c1. The van der Waals surface area contributed by atoms with Crippen molar-refractivity contribution in [3.8, 4) is 5.75 Å². The van der Waals surface area contributed by atoms with Crippen LogP contribution in [0.3, 0.4) is 0 Å². The fourth-order valence-electron chi connectivity index (χ4n) is 1.54. The molecule has 0 spiro atoms. The van der Waals surface area contributed by atoms with Gasteiger partial charge in [-0.05, 0) is 30.2 Å². The second kappa shape index (κ2) is 4.82. The van der Waals surface area contributed by atoms with E-state index in [0.717, 1.165) is 0 Å². The molecule has 0 radical (unpaired) electrons. The van der Waals surface area contributed by atoms with E-state index in [2.05, 4.69) is 15.2 Å². The minimum Gasteiger partial charge on any atom is -0.497 e. The number of nitrogens with two attached hydrogens (primary N) is 1. The minimum absolute atomic E-state index is 0.200. The van der Waals surface area contributed by atoms with Gasteiger partial charge in [-0.15, -0.1) is 5.10 Å². The summed E-state index contributed by atoms with van der Waals surface area (Å²) in [6.07, 6.45) is 1.06. The molecular formula is C11H13FN4O. The highest BCUT2D eigenvalue weighted by Gasteiger charge is 2.06. The fraction of sp³-hybridized carbons (Fsp3) is 0.273. The van der Waals surface area contributed by atoms with E-state index in [1.54, 1.807) is 19.2 Å². The fourth-order valence-corrected chi connectivity index (χ4v) is 1.54. The summed E-state index contributed by atoms with van der Waals surface area (Å²) in [5, 5.41) is 6.39. The lowest BCUT2D eigenvalue weighted by atomic mass is 10.1. The number of halogens is 1. The maximum atomic E-state index is 13.5. The van der Waals surface area contributed by atoms with Gasteiger partial charge in [0.25, 0.3) is 0 Å². The zero-order chi connectivity index (χ0) is 12.3. The number of benzene rings is 1. The number of hydrogen-bond acceptors (Lipinski definition) is 4. The predicted octanol–water partition coefficient (Wildman–Crippen LogP) is 1.32. The highest BCUT2D eigenvalue weighted by atomic mass is 19.1. The molecule has 5 nitrogen and oxygen atoms in total. The first-order valence-corrected chi connectivity index (χ1v) is 5.18. The van der Waals surface area contributed by atoms with E-state index in [1.165, 1.54) is 6.07 Å². The maximum Gasteiger partial charge on any atom is 0.239 e. The van der Waals surface area contributed by atoms with Gasteiger partial charge in [-0.1, -0.05) is 0 Å². The Labute approximate surface area is 97.8 Å². The van der Waals surface area contributed by atoms with Crippen LogP contribution in [0.25, 0.3) is 0 Å². The number of anilines is 1. The second-order valence-corrected chi connectivity index (χ2v) is 3.60. The molecule has 90 valence electrons. The van der Waals surface area contributed by atoms with Crippen molar-refractivity contribution in [1.82, 2.24) is 15.2 Å². The van der Waals surface area contributed by atoms with Gasteiger partial charge in [0.1, 0.15) is 17.4 Å². The molecule has 1 aromatic carbocycles. The van der Waals surface area contributed by atoms with E-state index in [9.17, 15) is 4.39 Å². The van der Waals surface area contributed by atoms with E-state index in [-0.39, 0.29) is 11.8 Å². The van der Waals surface area contributed by atoms with Crippen molar-refractivity contribution in [2.75, 3.05) is 12.8 Å². The zero-order valence-corrected chi connectivity index (χ0v) is 9.40. The first kappa shape index (κ1) is 11.4. The number of H-pyrrole nitrogens is 1. The van der Waals surface area contributed by atoms with Crippen molar-refractivity contribution in [2.45, 2.75) is 12.8 Å². The van der Waals surface area contributed by atoms with Crippen LogP contribution in [-0.4, -0.2) is 22.3 Å². The third kappa shape index (κ3) is 2.72. The Balaban J connectivity index is 2.07. The van der Waals surface area contributed by atoms with Crippen LogP contribution in [0.15, 0.2) is 18.2 Å². The van der Waals surface area contributed by atoms with Crippen LogP contribution < -0.4 is 10.5 Å². The van der Waals surface area contributed by atoms with Crippen LogP contribution in [0.2, 0.25) is 0 Å². The van der Waals surface area contributed by atoms with Crippen molar-refractivity contribution >= 4 is 5.95 Å². The molecule has 1 aromatic heterocycles. The smallest absolute Gasteiger partial charge is 0.239 e. The third-order valence-corrected chi connectivity index (χ3v) is 2.43. The van der Waals surface area contributed by atoms with Gasteiger partial charge in [-0.3, -0.25) is 5.10 Å². The zero-order valence-electron chi connectivity index (χ0n) is 9.40. The first-order valence-electron chi connectivity index (χ1n) is 5.18. The Morgan fingerprint density at radius 3 is 2.88 bits per heavy atom. The molecular weight excluding hydrogens is 223 g/mol. The van der Waals surface area contributed by atoms with Crippen LogP contribution in [0, 0.1) is 5.82 Å². The standard InChI is InChI=1S/C11H13FN4O/c1-17-8-3-4-9(12)7(6-8)2-5-10-14-11(13)16-15-10/h3-4,6H,2,5H2,1H3,(H3,13,14,15,16). The summed E-state index contributed by atoms with van der Waals surface area (Å²) in [4.78, 5) is 3.96. The molecule has 17 heavy (non-hydrogen) atoms. The Hall–Kier alpha value is -2.11. The number of ether oxygens (including phenoxy) is 1. The highest BCUT2D eigenvalue weighted by Crippen LogP contribution is 2.17. The molecule has 0 saturated heterocycles. The highest BCUT2D eigenvalue weighted by molar-refractivity contribution is 5.30. The maximum absolute atomic E-state index is 13.5. The molecule has 0 bridgehead atoms. The normalized spacial score (nSPS) is 10.5. The van der Waals surface area contributed by atoms with Gasteiger partial charge >= 0.3 is 0 Å². The number of hydrogen-bond donors (Lipinski definition) is 2. The van der Waals surface area contributed by atoms with Gasteiger partial charge in [0, 0.05) is 6.42 Å². The summed E-state index contributed by atoms with van der Waals surface area (Å²) in [5.74, 6) is 1.23. The Kier molecular flexibility index (Phi) is 3.22. The molecule has 0 saturated carbocycles. The predicted molar refractivity (Wildman–Crippen MR) is 61.2 cm³/mol. The van der Waals surface area contributed by atoms with Crippen LogP contribution in [-0.2, 0) is 12.8 Å². The van der Waals surface area contributed by atoms with E-state index in [0.29, 0.717) is 30.0 Å². The summed E-state index contributed by atoms with van der Waals surface area (Å²) in [5.41, 5.74) is 5.96. The Morgan fingerprint density at radius 1 is 1.41 bits per heavy atom. The van der Waals surface area contributed by atoms with E-state index in [4.69, 9.17) is 10.5 Å². The topological polar surface area (TPSA) is 76.8 Å². The quantitative estimate of drug-likeness (QED) is 0.839. The summed E-state index contributed by atoms with van der Waals surface area (Å²) in [7, 11) is 1.55. The number of methoxy groups -OCH3 is 1. The van der Waals surface area contributed by atoms with Gasteiger partial charge < -0.3 is 10.5 Å². The van der Waals surface area contributed by atoms with E-state index >= 15 is 0 Å². The summed E-state index contributed by atoms with van der Waals surface area (Å²) < 4.78 is 18.5. The van der Waals surface area contributed by atoms with Gasteiger partial charge in [0.15, 0.2) is 0 Å². The monoisotopic (exact) mass is 236 g/mol. The molecule has 0 unspecified atom stereocenters. The number of aromatic amines is 1. The molecule has 6 heteroatoms. The lowest BCUT2D eigenvalue weighted by Gasteiger charge is -2.05. The molecule has 0 aliphatic carbocycles. The van der Waals surface area contributed by atoms with Gasteiger partial charge in [0.05, 0.1) is 7.11 Å².